The largest absolute Gasteiger partial charge is 0.449 e. The van der Waals surface area contributed by atoms with Crippen LogP contribution in [-0.4, -0.2) is 9.85 Å². The van der Waals surface area contributed by atoms with E-state index in [4.69, 9.17) is 9.57 Å². The van der Waals surface area contributed by atoms with Gasteiger partial charge in [0.05, 0.1) is 9.85 Å². The summed E-state index contributed by atoms with van der Waals surface area (Å²) in [5.74, 6) is 0.685. The average Bonchev–Trinajstić information content (AvgIpc) is 2.69. The zero-order valence-corrected chi connectivity index (χ0v) is 18.4. The third-order valence-corrected chi connectivity index (χ3v) is 4.87. The number of ether oxygens (including phenoxy) is 1. The number of halogens is 1. The highest BCUT2D eigenvalue weighted by Gasteiger charge is 2.27. The number of nitro groups is 2. The van der Waals surface area contributed by atoms with Crippen molar-refractivity contribution in [3.05, 3.63) is 89.9 Å². The van der Waals surface area contributed by atoms with Crippen LogP contribution in [0.25, 0.3) is 0 Å². The molecule has 0 fully saturated rings. The van der Waals surface area contributed by atoms with Crippen LogP contribution >= 0.6 is 15.9 Å². The molecule has 0 radical (unpaired) electrons. The molecule has 0 aromatic heterocycles. The molecule has 160 valence electrons. The molecular formula is C21H18BrN3O6. The Morgan fingerprint density at radius 2 is 1.45 bits per heavy atom. The summed E-state index contributed by atoms with van der Waals surface area (Å²) >= 11 is 3.39. The smallest absolute Gasteiger partial charge is 0.318 e. The highest BCUT2D eigenvalue weighted by molar-refractivity contribution is 9.10. The molecule has 0 spiro atoms. The van der Waals surface area contributed by atoms with E-state index in [1.807, 2.05) is 19.1 Å². The highest BCUT2D eigenvalue weighted by atomic mass is 79.9. The number of aryl methyl sites for hydroxylation is 3. The Morgan fingerprint density at radius 3 is 2.00 bits per heavy atom. The van der Waals surface area contributed by atoms with E-state index in [1.165, 1.54) is 6.07 Å². The molecule has 0 aliphatic carbocycles. The Kier molecular flexibility index (Phi) is 6.40. The van der Waals surface area contributed by atoms with Gasteiger partial charge in [-0.2, -0.15) is 0 Å². The van der Waals surface area contributed by atoms with E-state index in [1.54, 1.807) is 38.1 Å². The third kappa shape index (κ3) is 5.10. The minimum absolute atomic E-state index is 0.0846. The lowest BCUT2D eigenvalue weighted by Gasteiger charge is -2.14. The van der Waals surface area contributed by atoms with Gasteiger partial charge in [-0.25, -0.2) is 5.48 Å². The second-order valence-corrected chi connectivity index (χ2v) is 7.75. The highest BCUT2D eigenvalue weighted by Crippen LogP contribution is 2.41. The lowest BCUT2D eigenvalue weighted by molar-refractivity contribution is -0.394. The predicted molar refractivity (Wildman–Crippen MR) is 119 cm³/mol. The first-order chi connectivity index (χ1) is 14.7. The molecule has 31 heavy (non-hydrogen) atoms. The molecule has 1 N–H and O–H groups in total. The van der Waals surface area contributed by atoms with Crippen molar-refractivity contribution in [1.29, 1.82) is 0 Å². The molecule has 3 aromatic rings. The SMILES string of the molecule is Cc1ccc(ONc2cc(Oc3c(C)cc(Br)cc3C)c([N+](=O)[O-])cc2[N+](=O)[O-])cc1. The number of hydrogen-bond donors (Lipinski definition) is 1. The van der Waals surface area contributed by atoms with E-state index in [0.29, 0.717) is 11.5 Å². The van der Waals surface area contributed by atoms with Gasteiger partial charge in [-0.3, -0.25) is 20.2 Å². The molecule has 9 nitrogen and oxygen atoms in total. The van der Waals surface area contributed by atoms with Gasteiger partial charge in [0.15, 0.2) is 11.4 Å². The van der Waals surface area contributed by atoms with Crippen LogP contribution in [0.15, 0.2) is 53.0 Å². The number of nitrogens with zero attached hydrogens (tertiary/aromatic N) is 2. The van der Waals surface area contributed by atoms with Crippen molar-refractivity contribution in [2.24, 2.45) is 0 Å². The van der Waals surface area contributed by atoms with E-state index in [2.05, 4.69) is 21.4 Å². The lowest BCUT2D eigenvalue weighted by Crippen LogP contribution is -2.08. The average molecular weight is 488 g/mol. The van der Waals surface area contributed by atoms with Gasteiger partial charge in [-0.1, -0.05) is 33.6 Å². The van der Waals surface area contributed by atoms with E-state index < -0.39 is 21.2 Å². The van der Waals surface area contributed by atoms with Crippen LogP contribution in [0, 0.1) is 41.0 Å². The van der Waals surface area contributed by atoms with Gasteiger partial charge in [-0.15, -0.1) is 0 Å². The minimum atomic E-state index is -0.728. The minimum Gasteiger partial charge on any atom is -0.449 e. The Bertz CT molecular complexity index is 1140. The number of nitro benzene ring substituents is 2. The summed E-state index contributed by atoms with van der Waals surface area (Å²) in [5, 5.41) is 23.1. The second kappa shape index (κ2) is 9.00. The summed E-state index contributed by atoms with van der Waals surface area (Å²) in [5.41, 5.74) is 3.87. The van der Waals surface area contributed by atoms with Gasteiger partial charge in [0.25, 0.3) is 0 Å². The van der Waals surface area contributed by atoms with Gasteiger partial charge in [0.2, 0.25) is 5.75 Å². The van der Waals surface area contributed by atoms with Crippen LogP contribution in [0.5, 0.6) is 17.2 Å². The Hall–Kier alpha value is -3.66. The molecule has 0 aliphatic heterocycles. The van der Waals surface area contributed by atoms with Gasteiger partial charge in [0.1, 0.15) is 11.8 Å². The van der Waals surface area contributed by atoms with Crippen LogP contribution < -0.4 is 15.1 Å². The number of anilines is 1. The van der Waals surface area contributed by atoms with Gasteiger partial charge in [-0.05, 0) is 56.2 Å². The molecule has 0 amide bonds. The van der Waals surface area contributed by atoms with Crippen LogP contribution in [0.3, 0.4) is 0 Å². The Balaban J connectivity index is 2.03. The quantitative estimate of drug-likeness (QED) is 0.303. The summed E-state index contributed by atoms with van der Waals surface area (Å²) < 4.78 is 6.68. The van der Waals surface area contributed by atoms with Crippen LogP contribution in [0.4, 0.5) is 17.1 Å². The van der Waals surface area contributed by atoms with E-state index >= 15 is 0 Å². The molecule has 0 aliphatic rings. The molecule has 10 heteroatoms. The molecule has 0 heterocycles. The van der Waals surface area contributed by atoms with Crippen molar-refractivity contribution in [2.45, 2.75) is 20.8 Å². The molecule has 0 saturated carbocycles. The molecule has 0 unspecified atom stereocenters. The first-order valence-corrected chi connectivity index (χ1v) is 9.86. The number of hydrogen-bond acceptors (Lipinski definition) is 7. The van der Waals surface area contributed by atoms with Crippen molar-refractivity contribution >= 4 is 33.0 Å². The maximum absolute atomic E-state index is 11.6. The monoisotopic (exact) mass is 487 g/mol. The van der Waals surface area contributed by atoms with Crippen LogP contribution in [0.2, 0.25) is 0 Å². The zero-order valence-electron chi connectivity index (χ0n) is 16.8. The maximum atomic E-state index is 11.6. The Morgan fingerprint density at radius 1 is 0.871 bits per heavy atom. The standard InChI is InChI=1S/C21H18BrN3O6/c1-12-4-6-16(7-5-12)31-23-17-10-20(19(25(28)29)11-18(17)24(26)27)30-21-13(2)8-15(22)9-14(21)3/h4-11,23H,1-3H3. The number of benzene rings is 3. The fourth-order valence-corrected chi connectivity index (χ4v) is 3.59. The van der Waals surface area contributed by atoms with Crippen molar-refractivity contribution in [3.8, 4) is 17.2 Å². The summed E-state index contributed by atoms with van der Waals surface area (Å²) in [6, 6.07) is 12.6. The van der Waals surface area contributed by atoms with Gasteiger partial charge < -0.3 is 9.57 Å². The van der Waals surface area contributed by atoms with Gasteiger partial charge in [0, 0.05) is 10.5 Å². The van der Waals surface area contributed by atoms with Crippen molar-refractivity contribution in [2.75, 3.05) is 5.48 Å². The molecule has 3 rings (SSSR count). The van der Waals surface area contributed by atoms with E-state index in [0.717, 1.165) is 27.2 Å². The summed E-state index contributed by atoms with van der Waals surface area (Å²) in [7, 11) is 0. The molecule has 0 bridgehead atoms. The first kappa shape index (κ1) is 22.0. The Labute approximate surface area is 186 Å². The molecule has 3 aromatic carbocycles. The summed E-state index contributed by atoms with van der Waals surface area (Å²) in [4.78, 5) is 27.1. The number of nitrogens with one attached hydrogen (secondary N) is 1. The first-order valence-electron chi connectivity index (χ1n) is 9.06. The third-order valence-electron chi connectivity index (χ3n) is 4.41. The second-order valence-electron chi connectivity index (χ2n) is 6.84. The number of rotatable bonds is 7. The van der Waals surface area contributed by atoms with Crippen LogP contribution in [0.1, 0.15) is 16.7 Å². The van der Waals surface area contributed by atoms with Crippen molar-refractivity contribution < 1.29 is 19.4 Å². The summed E-state index contributed by atoms with van der Waals surface area (Å²) in [6.45, 7) is 5.50. The zero-order chi connectivity index (χ0) is 22.7. The lowest BCUT2D eigenvalue weighted by atomic mass is 10.1. The fraction of sp³-hybridized carbons (Fsp3) is 0.143. The fourth-order valence-electron chi connectivity index (χ4n) is 2.90. The molecule has 0 atom stereocenters. The van der Waals surface area contributed by atoms with Crippen molar-refractivity contribution in [3.63, 3.8) is 0 Å². The van der Waals surface area contributed by atoms with E-state index in [-0.39, 0.29) is 11.4 Å². The maximum Gasteiger partial charge on any atom is 0.318 e. The topological polar surface area (TPSA) is 117 Å². The predicted octanol–water partition coefficient (Wildman–Crippen LogP) is 6.39. The van der Waals surface area contributed by atoms with E-state index in [9.17, 15) is 20.2 Å². The summed E-state index contributed by atoms with van der Waals surface area (Å²) in [6.07, 6.45) is 0. The van der Waals surface area contributed by atoms with Gasteiger partial charge >= 0.3 is 11.4 Å². The normalized spacial score (nSPS) is 10.5. The molecule has 0 saturated heterocycles. The molecular weight excluding hydrogens is 470 g/mol. The van der Waals surface area contributed by atoms with Crippen LogP contribution in [-0.2, 0) is 0 Å². The van der Waals surface area contributed by atoms with Crippen molar-refractivity contribution in [1.82, 2.24) is 0 Å².